The molecule has 1 saturated carbocycles. The molecule has 1 aromatic carbocycles. The summed E-state index contributed by atoms with van der Waals surface area (Å²) in [6.45, 7) is 1.76. The zero-order valence-corrected chi connectivity index (χ0v) is 10.1. The van der Waals surface area contributed by atoms with Gasteiger partial charge >= 0.3 is 0 Å². The van der Waals surface area contributed by atoms with Crippen LogP contribution in [0, 0.1) is 22.6 Å². The SMILES string of the molecule is CN(CCc1ccc(F)cc1)CC1(C#N)CC1. The van der Waals surface area contributed by atoms with Crippen molar-refractivity contribution in [3.8, 4) is 6.07 Å². The van der Waals surface area contributed by atoms with E-state index in [1.807, 2.05) is 19.2 Å². The van der Waals surface area contributed by atoms with E-state index in [9.17, 15) is 4.39 Å². The molecular formula is C14H17FN2. The van der Waals surface area contributed by atoms with Crippen molar-refractivity contribution in [3.63, 3.8) is 0 Å². The quantitative estimate of drug-likeness (QED) is 0.780. The summed E-state index contributed by atoms with van der Waals surface area (Å²) in [4.78, 5) is 2.19. The molecule has 0 heterocycles. The van der Waals surface area contributed by atoms with E-state index in [2.05, 4.69) is 11.0 Å². The highest BCUT2D eigenvalue weighted by molar-refractivity contribution is 5.16. The molecule has 0 bridgehead atoms. The Labute approximate surface area is 102 Å². The van der Waals surface area contributed by atoms with Gasteiger partial charge in [0.05, 0.1) is 11.5 Å². The predicted octanol–water partition coefficient (Wildman–Crippen LogP) is 2.60. The van der Waals surface area contributed by atoms with Gasteiger partial charge in [0.25, 0.3) is 0 Å². The summed E-state index contributed by atoms with van der Waals surface area (Å²) >= 11 is 0. The number of nitriles is 1. The lowest BCUT2D eigenvalue weighted by Gasteiger charge is -2.19. The van der Waals surface area contributed by atoms with E-state index in [1.54, 1.807) is 0 Å². The van der Waals surface area contributed by atoms with Crippen molar-refractivity contribution >= 4 is 0 Å². The van der Waals surface area contributed by atoms with E-state index in [4.69, 9.17) is 5.26 Å². The van der Waals surface area contributed by atoms with Crippen molar-refractivity contribution in [2.24, 2.45) is 5.41 Å². The third-order valence-corrected chi connectivity index (χ3v) is 3.36. The first kappa shape index (κ1) is 12.1. The van der Waals surface area contributed by atoms with Crippen LogP contribution >= 0.6 is 0 Å². The van der Waals surface area contributed by atoms with Gasteiger partial charge in [0.1, 0.15) is 5.82 Å². The Morgan fingerprint density at radius 3 is 2.53 bits per heavy atom. The van der Waals surface area contributed by atoms with Gasteiger partial charge in [-0.2, -0.15) is 5.26 Å². The van der Waals surface area contributed by atoms with Crippen LogP contribution in [0.4, 0.5) is 4.39 Å². The zero-order valence-electron chi connectivity index (χ0n) is 10.1. The fourth-order valence-electron chi connectivity index (χ4n) is 2.02. The molecule has 2 nitrogen and oxygen atoms in total. The molecule has 1 aliphatic rings. The van der Waals surface area contributed by atoms with Crippen LogP contribution < -0.4 is 0 Å². The monoisotopic (exact) mass is 232 g/mol. The first-order valence-corrected chi connectivity index (χ1v) is 5.98. The summed E-state index contributed by atoms with van der Waals surface area (Å²) in [5.74, 6) is -0.191. The van der Waals surface area contributed by atoms with Gasteiger partial charge in [-0.05, 0) is 44.0 Å². The molecule has 0 atom stereocenters. The van der Waals surface area contributed by atoms with Gasteiger partial charge in [0.15, 0.2) is 0 Å². The maximum Gasteiger partial charge on any atom is 0.123 e. The highest BCUT2D eigenvalue weighted by Gasteiger charge is 2.43. The molecule has 0 N–H and O–H groups in total. The van der Waals surface area contributed by atoms with Gasteiger partial charge < -0.3 is 4.90 Å². The molecule has 0 saturated heterocycles. The van der Waals surface area contributed by atoms with Gasteiger partial charge in [-0.25, -0.2) is 4.39 Å². The molecule has 0 radical (unpaired) electrons. The largest absolute Gasteiger partial charge is 0.304 e. The smallest absolute Gasteiger partial charge is 0.123 e. The maximum atomic E-state index is 12.7. The second-order valence-corrected chi connectivity index (χ2v) is 5.01. The summed E-state index contributed by atoms with van der Waals surface area (Å²) in [6.07, 6.45) is 2.97. The van der Waals surface area contributed by atoms with Crippen LogP contribution in [0.25, 0.3) is 0 Å². The standard InChI is InChI=1S/C14H17FN2/c1-17(11-14(10-16)7-8-14)9-6-12-2-4-13(15)5-3-12/h2-5H,6-9,11H2,1H3. The molecule has 2 rings (SSSR count). The summed E-state index contributed by atoms with van der Waals surface area (Å²) in [5.41, 5.74) is 1.07. The van der Waals surface area contributed by atoms with Crippen molar-refractivity contribution < 1.29 is 4.39 Å². The number of benzene rings is 1. The molecule has 3 heteroatoms. The lowest BCUT2D eigenvalue weighted by molar-refractivity contribution is 0.297. The summed E-state index contributed by atoms with van der Waals surface area (Å²) < 4.78 is 12.7. The van der Waals surface area contributed by atoms with E-state index < -0.39 is 0 Å². The average Bonchev–Trinajstić information content (AvgIpc) is 3.09. The third kappa shape index (κ3) is 3.28. The van der Waals surface area contributed by atoms with Crippen LogP contribution in [0.3, 0.4) is 0 Å². The molecule has 0 aromatic heterocycles. The van der Waals surface area contributed by atoms with Gasteiger partial charge in [-0.3, -0.25) is 0 Å². The molecule has 1 fully saturated rings. The second-order valence-electron chi connectivity index (χ2n) is 5.01. The Balaban J connectivity index is 1.78. The Kier molecular flexibility index (Phi) is 3.44. The van der Waals surface area contributed by atoms with Crippen LogP contribution in [0.2, 0.25) is 0 Å². The van der Waals surface area contributed by atoms with E-state index in [0.29, 0.717) is 0 Å². The molecule has 0 spiro atoms. The Bertz CT molecular complexity index is 415. The average molecular weight is 232 g/mol. The number of halogens is 1. The second kappa shape index (κ2) is 4.85. The van der Waals surface area contributed by atoms with Crippen molar-refractivity contribution in [2.75, 3.05) is 20.1 Å². The summed E-state index contributed by atoms with van der Waals surface area (Å²) in [7, 11) is 2.04. The minimum atomic E-state index is -0.191. The topological polar surface area (TPSA) is 27.0 Å². The summed E-state index contributed by atoms with van der Waals surface area (Å²) in [6, 6.07) is 9.02. The molecular weight excluding hydrogens is 215 g/mol. The van der Waals surface area contributed by atoms with Crippen molar-refractivity contribution in [2.45, 2.75) is 19.3 Å². The maximum absolute atomic E-state index is 12.7. The summed E-state index contributed by atoms with van der Waals surface area (Å²) in [5, 5.41) is 9.00. The van der Waals surface area contributed by atoms with Crippen molar-refractivity contribution in [1.82, 2.24) is 4.90 Å². The van der Waals surface area contributed by atoms with Crippen LogP contribution in [0.5, 0.6) is 0 Å². The highest BCUT2D eigenvalue weighted by atomic mass is 19.1. The number of hydrogen-bond donors (Lipinski definition) is 0. The van der Waals surface area contributed by atoms with Crippen molar-refractivity contribution in [1.29, 1.82) is 5.26 Å². The first-order valence-electron chi connectivity index (χ1n) is 5.98. The third-order valence-electron chi connectivity index (χ3n) is 3.36. The van der Waals surface area contributed by atoms with E-state index in [0.717, 1.165) is 37.9 Å². The molecule has 90 valence electrons. The van der Waals surface area contributed by atoms with Crippen LogP contribution in [-0.4, -0.2) is 25.0 Å². The lowest BCUT2D eigenvalue weighted by atomic mass is 10.1. The molecule has 0 unspecified atom stereocenters. The molecule has 17 heavy (non-hydrogen) atoms. The Morgan fingerprint density at radius 1 is 1.35 bits per heavy atom. The molecule has 0 amide bonds. The molecule has 0 aliphatic heterocycles. The number of rotatable bonds is 5. The van der Waals surface area contributed by atoms with E-state index in [-0.39, 0.29) is 11.2 Å². The van der Waals surface area contributed by atoms with Gasteiger partial charge in [0.2, 0.25) is 0 Å². The Morgan fingerprint density at radius 2 is 2.00 bits per heavy atom. The Hall–Kier alpha value is -1.40. The van der Waals surface area contributed by atoms with Crippen LogP contribution in [0.1, 0.15) is 18.4 Å². The fraction of sp³-hybridized carbons (Fsp3) is 0.500. The normalized spacial score (nSPS) is 16.8. The van der Waals surface area contributed by atoms with Crippen LogP contribution in [-0.2, 0) is 6.42 Å². The molecule has 1 aliphatic carbocycles. The number of likely N-dealkylation sites (N-methyl/N-ethyl adjacent to an activating group) is 1. The molecule has 1 aromatic rings. The van der Waals surface area contributed by atoms with Gasteiger partial charge in [0, 0.05) is 13.1 Å². The zero-order chi connectivity index (χ0) is 12.3. The lowest BCUT2D eigenvalue weighted by Crippen LogP contribution is -2.28. The van der Waals surface area contributed by atoms with Crippen LogP contribution in [0.15, 0.2) is 24.3 Å². The fourth-order valence-corrected chi connectivity index (χ4v) is 2.02. The predicted molar refractivity (Wildman–Crippen MR) is 64.9 cm³/mol. The van der Waals surface area contributed by atoms with Crippen molar-refractivity contribution in [3.05, 3.63) is 35.6 Å². The highest BCUT2D eigenvalue weighted by Crippen LogP contribution is 2.45. The minimum absolute atomic E-state index is 0.0719. The first-order chi connectivity index (χ1) is 8.13. The van der Waals surface area contributed by atoms with E-state index in [1.165, 1.54) is 12.1 Å². The number of hydrogen-bond acceptors (Lipinski definition) is 2. The minimum Gasteiger partial charge on any atom is -0.304 e. The van der Waals surface area contributed by atoms with Gasteiger partial charge in [-0.1, -0.05) is 12.1 Å². The van der Waals surface area contributed by atoms with Gasteiger partial charge in [-0.15, -0.1) is 0 Å². The number of nitrogens with zero attached hydrogens (tertiary/aromatic N) is 2. The van der Waals surface area contributed by atoms with E-state index >= 15 is 0 Å².